The van der Waals surface area contributed by atoms with E-state index in [9.17, 15) is 8.78 Å². The molecule has 0 fully saturated rings. The Bertz CT molecular complexity index is 1180. The van der Waals surface area contributed by atoms with Gasteiger partial charge in [-0.15, -0.1) is 0 Å². The van der Waals surface area contributed by atoms with Gasteiger partial charge in [-0.1, -0.05) is 19.9 Å². The molecular formula is C21H21F2N7. The molecule has 154 valence electrons. The lowest BCUT2D eigenvalue weighted by Crippen LogP contribution is -2.19. The largest absolute Gasteiger partial charge is 0.383 e. The maximum atomic E-state index is 13.6. The van der Waals surface area contributed by atoms with E-state index in [1.807, 2.05) is 12.1 Å². The summed E-state index contributed by atoms with van der Waals surface area (Å²) in [5.74, 6) is -0.444. The molecule has 3 heterocycles. The molecule has 30 heavy (non-hydrogen) atoms. The summed E-state index contributed by atoms with van der Waals surface area (Å²) in [6.45, 7) is 4.11. The highest BCUT2D eigenvalue weighted by Gasteiger charge is 2.22. The molecule has 1 atom stereocenters. The zero-order valence-electron chi connectivity index (χ0n) is 16.5. The van der Waals surface area contributed by atoms with Crippen LogP contribution >= 0.6 is 0 Å². The summed E-state index contributed by atoms with van der Waals surface area (Å²) in [5.41, 5.74) is 15.9. The lowest BCUT2D eigenvalue weighted by molar-refractivity contribution is 0.575. The van der Waals surface area contributed by atoms with E-state index in [2.05, 4.69) is 33.9 Å². The van der Waals surface area contributed by atoms with Crippen molar-refractivity contribution < 1.29 is 8.78 Å². The second-order valence-corrected chi connectivity index (χ2v) is 7.44. The van der Waals surface area contributed by atoms with Crippen LogP contribution in [0.25, 0.3) is 16.9 Å². The summed E-state index contributed by atoms with van der Waals surface area (Å²) in [4.78, 5) is 13.1. The second-order valence-electron chi connectivity index (χ2n) is 7.44. The fourth-order valence-corrected chi connectivity index (χ4v) is 3.42. The van der Waals surface area contributed by atoms with Crippen molar-refractivity contribution in [2.24, 2.45) is 5.73 Å². The van der Waals surface area contributed by atoms with Crippen molar-refractivity contribution in [1.29, 1.82) is 0 Å². The Morgan fingerprint density at radius 2 is 1.80 bits per heavy atom. The van der Waals surface area contributed by atoms with Gasteiger partial charge in [0.25, 0.3) is 5.78 Å². The topological polar surface area (TPSA) is 108 Å². The van der Waals surface area contributed by atoms with Crippen LogP contribution < -0.4 is 11.5 Å². The highest BCUT2D eigenvalue weighted by Crippen LogP contribution is 2.33. The van der Waals surface area contributed by atoms with E-state index >= 15 is 0 Å². The van der Waals surface area contributed by atoms with Crippen LogP contribution in [0, 0.1) is 11.6 Å². The Hall–Kier alpha value is -3.46. The minimum Gasteiger partial charge on any atom is -0.383 e. The third kappa shape index (κ3) is 3.71. The third-order valence-corrected chi connectivity index (χ3v) is 4.89. The minimum atomic E-state index is -0.685. The molecule has 0 aliphatic heterocycles. The second kappa shape index (κ2) is 7.75. The van der Waals surface area contributed by atoms with Crippen molar-refractivity contribution in [2.45, 2.75) is 32.2 Å². The molecule has 7 nitrogen and oxygen atoms in total. The first-order valence-corrected chi connectivity index (χ1v) is 9.49. The van der Waals surface area contributed by atoms with E-state index in [0.717, 1.165) is 17.3 Å². The van der Waals surface area contributed by atoms with Gasteiger partial charge in [-0.05, 0) is 36.1 Å². The summed E-state index contributed by atoms with van der Waals surface area (Å²) in [6.07, 6.45) is 3.22. The highest BCUT2D eigenvalue weighted by atomic mass is 19.1. The summed E-state index contributed by atoms with van der Waals surface area (Å²) in [7, 11) is 0. The Morgan fingerprint density at radius 3 is 2.43 bits per heavy atom. The first-order chi connectivity index (χ1) is 14.3. The van der Waals surface area contributed by atoms with Crippen LogP contribution in [0.4, 0.5) is 14.6 Å². The van der Waals surface area contributed by atoms with Crippen LogP contribution in [0.5, 0.6) is 0 Å². The van der Waals surface area contributed by atoms with E-state index in [-0.39, 0.29) is 12.3 Å². The molecule has 1 aromatic carbocycles. The Labute approximate surface area is 171 Å². The van der Waals surface area contributed by atoms with Gasteiger partial charge in [-0.2, -0.15) is 14.6 Å². The number of fused-ring (bicyclic) bond motifs is 1. The van der Waals surface area contributed by atoms with Crippen LogP contribution in [0.2, 0.25) is 0 Å². The van der Waals surface area contributed by atoms with Crippen molar-refractivity contribution in [3.05, 3.63) is 71.4 Å². The minimum absolute atomic E-state index is 0.163. The van der Waals surface area contributed by atoms with Crippen molar-refractivity contribution in [1.82, 2.24) is 24.6 Å². The first kappa shape index (κ1) is 19.8. The maximum absolute atomic E-state index is 13.6. The molecule has 0 aliphatic carbocycles. The van der Waals surface area contributed by atoms with Gasteiger partial charge in [0.05, 0.1) is 11.7 Å². The molecule has 4 aromatic rings. The van der Waals surface area contributed by atoms with Crippen molar-refractivity contribution in [3.8, 4) is 11.1 Å². The molecule has 4 rings (SSSR count). The Morgan fingerprint density at radius 1 is 1.07 bits per heavy atom. The third-order valence-electron chi connectivity index (χ3n) is 4.89. The van der Waals surface area contributed by atoms with Crippen LogP contribution in [-0.2, 0) is 6.42 Å². The number of pyridine rings is 1. The molecule has 0 amide bonds. The molecule has 0 bridgehead atoms. The van der Waals surface area contributed by atoms with E-state index in [1.54, 1.807) is 6.20 Å². The summed E-state index contributed by atoms with van der Waals surface area (Å²) >= 11 is 0. The van der Waals surface area contributed by atoms with Crippen LogP contribution in [0.1, 0.15) is 42.8 Å². The number of anilines is 1. The van der Waals surface area contributed by atoms with Crippen LogP contribution in [-0.4, -0.2) is 24.6 Å². The Balaban J connectivity index is 1.82. The molecule has 0 spiro atoms. The molecule has 9 heteroatoms. The molecule has 0 radical (unpaired) electrons. The molecule has 0 saturated carbocycles. The highest BCUT2D eigenvalue weighted by molar-refractivity contribution is 5.77. The average molecular weight is 409 g/mol. The van der Waals surface area contributed by atoms with Crippen LogP contribution in [0.3, 0.4) is 0 Å². The van der Waals surface area contributed by atoms with E-state index < -0.39 is 17.7 Å². The van der Waals surface area contributed by atoms with Gasteiger partial charge in [0.2, 0.25) is 0 Å². The monoisotopic (exact) mass is 409 g/mol. The lowest BCUT2D eigenvalue weighted by Gasteiger charge is -2.18. The van der Waals surface area contributed by atoms with Gasteiger partial charge >= 0.3 is 0 Å². The standard InChI is InChI=1S/C21H21F2N7/c1-11(2)17-4-3-13(9-26-17)18-19(29-21-27-10-28-30(21)20(18)25)16(24)7-12-5-14(22)8-15(23)6-12/h3-6,8-11,16H,7,24-25H2,1-2H3/t16-/m0/s1. The molecule has 0 aliphatic rings. The Kier molecular flexibility index (Phi) is 5.13. The quantitative estimate of drug-likeness (QED) is 0.523. The normalized spacial score (nSPS) is 12.6. The van der Waals surface area contributed by atoms with Crippen molar-refractivity contribution in [3.63, 3.8) is 0 Å². The molecule has 4 N–H and O–H groups in total. The lowest BCUT2D eigenvalue weighted by atomic mass is 9.96. The fraction of sp³-hybridized carbons (Fsp3) is 0.238. The zero-order chi connectivity index (χ0) is 21.4. The number of hydrogen-bond acceptors (Lipinski definition) is 6. The van der Waals surface area contributed by atoms with E-state index in [1.165, 1.54) is 23.0 Å². The first-order valence-electron chi connectivity index (χ1n) is 9.49. The number of hydrogen-bond donors (Lipinski definition) is 2. The number of aromatic nitrogens is 5. The van der Waals surface area contributed by atoms with Crippen molar-refractivity contribution in [2.75, 3.05) is 5.73 Å². The van der Waals surface area contributed by atoms with Crippen LogP contribution in [0.15, 0.2) is 42.9 Å². The summed E-state index contributed by atoms with van der Waals surface area (Å²) < 4.78 is 28.6. The summed E-state index contributed by atoms with van der Waals surface area (Å²) in [5, 5.41) is 4.12. The summed E-state index contributed by atoms with van der Waals surface area (Å²) in [6, 6.07) is 6.45. The smallest absolute Gasteiger partial charge is 0.254 e. The van der Waals surface area contributed by atoms with Gasteiger partial charge in [0.1, 0.15) is 23.8 Å². The zero-order valence-corrected chi connectivity index (χ0v) is 16.5. The van der Waals surface area contributed by atoms with Gasteiger partial charge in [0, 0.05) is 29.1 Å². The number of nitrogens with zero attached hydrogens (tertiary/aromatic N) is 5. The van der Waals surface area contributed by atoms with Crippen molar-refractivity contribution >= 4 is 11.6 Å². The molecular weight excluding hydrogens is 388 g/mol. The molecule has 3 aromatic heterocycles. The van der Waals surface area contributed by atoms with Gasteiger partial charge in [-0.3, -0.25) is 4.98 Å². The SMILES string of the molecule is CC(C)c1ccc(-c2c([C@@H](N)Cc3cc(F)cc(F)c3)nc3ncnn3c2N)cn1. The number of rotatable bonds is 5. The maximum Gasteiger partial charge on any atom is 0.254 e. The number of nitrogen functional groups attached to an aromatic ring is 1. The predicted molar refractivity (Wildman–Crippen MR) is 110 cm³/mol. The number of halogens is 2. The molecule has 0 saturated heterocycles. The number of nitrogens with two attached hydrogens (primary N) is 2. The predicted octanol–water partition coefficient (Wildman–Crippen LogP) is 3.41. The average Bonchev–Trinajstić information content (AvgIpc) is 3.16. The van der Waals surface area contributed by atoms with E-state index in [0.29, 0.717) is 28.4 Å². The molecule has 0 unspecified atom stereocenters. The number of benzene rings is 1. The fourth-order valence-electron chi connectivity index (χ4n) is 3.42. The van der Waals surface area contributed by atoms with Gasteiger partial charge in [0.15, 0.2) is 0 Å². The van der Waals surface area contributed by atoms with Gasteiger partial charge < -0.3 is 11.5 Å². The van der Waals surface area contributed by atoms with Gasteiger partial charge in [-0.25, -0.2) is 13.8 Å². The van der Waals surface area contributed by atoms with E-state index in [4.69, 9.17) is 11.5 Å².